The molecule has 0 aliphatic heterocycles. The maximum absolute atomic E-state index is 12.3. The number of anilines is 1. The Kier molecular flexibility index (Phi) is 4.32. The number of imidazole rings is 1. The summed E-state index contributed by atoms with van der Waals surface area (Å²) in [5.74, 6) is 0.641. The monoisotopic (exact) mass is 396 g/mol. The van der Waals surface area contributed by atoms with E-state index in [1.807, 2.05) is 47.9 Å². The molecular weight excluding hydrogens is 376 g/mol. The number of nitriles is 1. The van der Waals surface area contributed by atoms with Crippen LogP contribution in [0.2, 0.25) is 0 Å². The zero-order chi connectivity index (χ0) is 20.7. The Morgan fingerprint density at radius 2 is 2.03 bits per heavy atom. The van der Waals surface area contributed by atoms with Crippen molar-refractivity contribution in [2.75, 3.05) is 11.9 Å². The molecule has 0 bridgehead atoms. The molecule has 7 nitrogen and oxygen atoms in total. The smallest absolute Gasteiger partial charge is 0.251 e. The van der Waals surface area contributed by atoms with Crippen molar-refractivity contribution in [1.29, 1.82) is 5.26 Å². The van der Waals surface area contributed by atoms with E-state index in [1.165, 1.54) is 0 Å². The Balaban J connectivity index is 1.64. The van der Waals surface area contributed by atoms with Crippen LogP contribution in [-0.4, -0.2) is 32.9 Å². The first kappa shape index (κ1) is 18.1. The van der Waals surface area contributed by atoms with Crippen molar-refractivity contribution in [2.45, 2.75) is 25.8 Å². The second-order valence-electron chi connectivity index (χ2n) is 7.43. The number of carbonyl (C=O) groups is 1. The summed E-state index contributed by atoms with van der Waals surface area (Å²) in [5, 5.41) is 15.5. The largest absolute Gasteiger partial charge is 0.367 e. The Labute approximate surface area is 173 Å². The number of aromatic nitrogens is 3. The number of hydrogen-bond donors (Lipinski definition) is 2. The molecule has 1 amide bonds. The highest BCUT2D eigenvalue weighted by atomic mass is 16.1. The van der Waals surface area contributed by atoms with Gasteiger partial charge in [0.25, 0.3) is 5.91 Å². The fourth-order valence-corrected chi connectivity index (χ4v) is 3.58. The quantitative estimate of drug-likeness (QED) is 0.536. The van der Waals surface area contributed by atoms with E-state index in [0.717, 1.165) is 40.8 Å². The van der Waals surface area contributed by atoms with Crippen LogP contribution >= 0.6 is 0 Å². The highest BCUT2D eigenvalue weighted by Crippen LogP contribution is 2.29. The second-order valence-corrected chi connectivity index (χ2v) is 7.43. The van der Waals surface area contributed by atoms with E-state index >= 15 is 0 Å². The van der Waals surface area contributed by atoms with E-state index < -0.39 is 0 Å². The van der Waals surface area contributed by atoms with Gasteiger partial charge >= 0.3 is 0 Å². The van der Waals surface area contributed by atoms with Crippen LogP contribution in [0, 0.1) is 11.3 Å². The zero-order valence-corrected chi connectivity index (χ0v) is 16.5. The maximum Gasteiger partial charge on any atom is 0.251 e. The average molecular weight is 396 g/mol. The molecule has 0 spiro atoms. The number of fused-ring (bicyclic) bond motifs is 3. The molecule has 0 atom stereocenters. The maximum atomic E-state index is 12.3. The van der Waals surface area contributed by atoms with Crippen molar-refractivity contribution in [2.24, 2.45) is 0 Å². The van der Waals surface area contributed by atoms with Gasteiger partial charge in [-0.25, -0.2) is 9.97 Å². The normalized spacial score (nSPS) is 13.3. The predicted octanol–water partition coefficient (Wildman–Crippen LogP) is 3.75. The van der Waals surface area contributed by atoms with Crippen molar-refractivity contribution in [1.82, 2.24) is 19.7 Å². The standard InChI is InChI=1S/C23H20N6O/c1-2-25-21-22-26-13-20(29(22)19-10-3-14(12-24)11-18(19)28-21)15-4-6-16(7-5-15)23(30)27-17-8-9-17/h3-7,10-11,13,17H,2,8-9H2,1H3,(H,25,28)(H,27,30). The van der Waals surface area contributed by atoms with Crippen molar-refractivity contribution in [3.8, 4) is 17.3 Å². The van der Waals surface area contributed by atoms with Crippen LogP contribution in [0.4, 0.5) is 5.82 Å². The third kappa shape index (κ3) is 3.12. The molecule has 30 heavy (non-hydrogen) atoms. The van der Waals surface area contributed by atoms with Crippen LogP contribution in [0.15, 0.2) is 48.7 Å². The predicted molar refractivity (Wildman–Crippen MR) is 115 cm³/mol. The number of hydrogen-bond acceptors (Lipinski definition) is 5. The summed E-state index contributed by atoms with van der Waals surface area (Å²) in [7, 11) is 0. The lowest BCUT2D eigenvalue weighted by atomic mass is 10.1. The number of carbonyl (C=O) groups excluding carboxylic acids is 1. The van der Waals surface area contributed by atoms with Gasteiger partial charge in [0.1, 0.15) is 0 Å². The summed E-state index contributed by atoms with van der Waals surface area (Å²) in [6, 6.07) is 15.5. The number of benzene rings is 2. The summed E-state index contributed by atoms with van der Waals surface area (Å²) < 4.78 is 2.04. The molecule has 1 fully saturated rings. The van der Waals surface area contributed by atoms with Crippen LogP contribution < -0.4 is 10.6 Å². The molecule has 0 unspecified atom stereocenters. The minimum absolute atomic E-state index is 0.0321. The third-order valence-electron chi connectivity index (χ3n) is 5.25. The lowest BCUT2D eigenvalue weighted by molar-refractivity contribution is 0.0951. The van der Waals surface area contributed by atoms with Gasteiger partial charge in [-0.3, -0.25) is 9.20 Å². The first-order valence-electron chi connectivity index (χ1n) is 10.0. The van der Waals surface area contributed by atoms with Gasteiger partial charge in [0.05, 0.1) is 34.6 Å². The van der Waals surface area contributed by atoms with E-state index in [-0.39, 0.29) is 5.91 Å². The van der Waals surface area contributed by atoms with Gasteiger partial charge in [-0.05, 0) is 50.1 Å². The molecule has 0 saturated heterocycles. The van der Waals surface area contributed by atoms with Gasteiger partial charge < -0.3 is 10.6 Å². The lowest BCUT2D eigenvalue weighted by Gasteiger charge is -2.11. The molecule has 148 valence electrons. The average Bonchev–Trinajstić information content (AvgIpc) is 3.47. The number of nitrogens with one attached hydrogen (secondary N) is 2. The third-order valence-corrected chi connectivity index (χ3v) is 5.25. The molecule has 2 aromatic carbocycles. The fraction of sp³-hybridized carbons (Fsp3) is 0.217. The minimum Gasteiger partial charge on any atom is -0.367 e. The molecule has 4 aromatic rings. The van der Waals surface area contributed by atoms with Crippen LogP contribution in [0.25, 0.3) is 27.9 Å². The van der Waals surface area contributed by atoms with Gasteiger partial charge in [-0.2, -0.15) is 5.26 Å². The molecule has 2 heterocycles. The number of amides is 1. The lowest BCUT2D eigenvalue weighted by Crippen LogP contribution is -2.25. The Hall–Kier alpha value is -3.92. The van der Waals surface area contributed by atoms with Crippen molar-refractivity contribution in [3.05, 3.63) is 59.8 Å². The van der Waals surface area contributed by atoms with Gasteiger partial charge in [0, 0.05) is 23.7 Å². The molecule has 7 heteroatoms. The summed E-state index contributed by atoms with van der Waals surface area (Å²) in [5.41, 5.74) is 5.37. The van der Waals surface area contributed by atoms with E-state index in [4.69, 9.17) is 0 Å². The van der Waals surface area contributed by atoms with Gasteiger partial charge in [0.2, 0.25) is 0 Å². The molecule has 1 saturated carbocycles. The molecule has 0 radical (unpaired) electrons. The van der Waals surface area contributed by atoms with Crippen LogP contribution in [0.3, 0.4) is 0 Å². The van der Waals surface area contributed by atoms with E-state index in [9.17, 15) is 10.1 Å². The topological polar surface area (TPSA) is 95.1 Å². The Bertz CT molecular complexity index is 1310. The first-order valence-corrected chi connectivity index (χ1v) is 10.0. The van der Waals surface area contributed by atoms with Crippen LogP contribution in [0.5, 0.6) is 0 Å². The summed E-state index contributed by atoms with van der Waals surface area (Å²) in [6.07, 6.45) is 3.94. The van der Waals surface area contributed by atoms with Gasteiger partial charge in [-0.1, -0.05) is 12.1 Å². The summed E-state index contributed by atoms with van der Waals surface area (Å²) in [6.45, 7) is 2.71. The van der Waals surface area contributed by atoms with Crippen molar-refractivity contribution in [3.63, 3.8) is 0 Å². The molecule has 1 aliphatic rings. The highest BCUT2D eigenvalue weighted by Gasteiger charge is 2.23. The van der Waals surface area contributed by atoms with Crippen molar-refractivity contribution < 1.29 is 4.79 Å². The second kappa shape index (κ2) is 7.16. The minimum atomic E-state index is -0.0321. The molecule has 2 N–H and O–H groups in total. The Morgan fingerprint density at radius 3 is 2.73 bits per heavy atom. The zero-order valence-electron chi connectivity index (χ0n) is 16.5. The summed E-state index contributed by atoms with van der Waals surface area (Å²) in [4.78, 5) is 21.6. The highest BCUT2D eigenvalue weighted by molar-refractivity contribution is 5.95. The van der Waals surface area contributed by atoms with E-state index in [1.54, 1.807) is 12.1 Å². The fourth-order valence-electron chi connectivity index (χ4n) is 3.58. The first-order chi connectivity index (χ1) is 14.7. The van der Waals surface area contributed by atoms with Crippen LogP contribution in [-0.2, 0) is 0 Å². The molecule has 5 rings (SSSR count). The number of nitrogens with zero attached hydrogens (tertiary/aromatic N) is 4. The summed E-state index contributed by atoms with van der Waals surface area (Å²) >= 11 is 0. The molecular formula is C23H20N6O. The van der Waals surface area contributed by atoms with E-state index in [0.29, 0.717) is 29.5 Å². The molecule has 1 aliphatic carbocycles. The van der Waals surface area contributed by atoms with Crippen molar-refractivity contribution >= 4 is 28.4 Å². The van der Waals surface area contributed by atoms with E-state index in [2.05, 4.69) is 26.7 Å². The van der Waals surface area contributed by atoms with Gasteiger partial charge in [-0.15, -0.1) is 0 Å². The van der Waals surface area contributed by atoms with Gasteiger partial charge in [0.15, 0.2) is 11.5 Å². The number of rotatable bonds is 5. The SMILES string of the molecule is CCNc1nc2cc(C#N)ccc2n2c(-c3ccc(C(=O)NC4CC4)cc3)cnc12. The Morgan fingerprint density at radius 1 is 1.23 bits per heavy atom. The molecule has 2 aromatic heterocycles. The van der Waals surface area contributed by atoms with Crippen LogP contribution in [0.1, 0.15) is 35.7 Å².